The molecule has 1 unspecified atom stereocenters. The Bertz CT molecular complexity index is 575. The van der Waals surface area contributed by atoms with Crippen LogP contribution in [0, 0.1) is 0 Å². The van der Waals surface area contributed by atoms with Crippen LogP contribution in [0.1, 0.15) is 25.5 Å². The van der Waals surface area contributed by atoms with Crippen LogP contribution >= 0.6 is 0 Å². The van der Waals surface area contributed by atoms with Crippen molar-refractivity contribution in [2.24, 2.45) is 0 Å². The largest absolute Gasteiger partial charge is 0.356 e. The quantitative estimate of drug-likeness (QED) is 0.819. The minimum absolute atomic E-state index is 0.605. The Hall–Kier alpha value is -1.65. The van der Waals surface area contributed by atoms with E-state index in [4.69, 9.17) is 4.52 Å². The van der Waals surface area contributed by atoms with Gasteiger partial charge in [-0.3, -0.25) is 9.80 Å². The maximum Gasteiger partial charge on any atom is 0.167 e. The van der Waals surface area contributed by atoms with Gasteiger partial charge in [0, 0.05) is 30.8 Å². The number of hydrogen-bond donors (Lipinski definition) is 0. The molecule has 118 valence electrons. The first-order valence-corrected chi connectivity index (χ1v) is 8.16. The molecule has 0 spiro atoms. The summed E-state index contributed by atoms with van der Waals surface area (Å²) in [5, 5.41) is 4.21. The standard InChI is InChI=1S/C18H25N3O/c1-15(21-10-6-7-11-21)13-20(2)14-17-12-18(22-19-17)16-8-4-3-5-9-16/h3-5,8-9,12,15H,6-7,10-11,13-14H2,1-2H3. The second-order valence-electron chi connectivity index (χ2n) is 6.34. The maximum atomic E-state index is 5.47. The fourth-order valence-corrected chi connectivity index (χ4v) is 3.21. The van der Waals surface area contributed by atoms with Gasteiger partial charge in [0.05, 0.1) is 5.69 Å². The highest BCUT2D eigenvalue weighted by molar-refractivity contribution is 5.56. The third-order valence-corrected chi connectivity index (χ3v) is 4.39. The summed E-state index contributed by atoms with van der Waals surface area (Å²) in [6.07, 6.45) is 2.69. The van der Waals surface area contributed by atoms with Gasteiger partial charge in [0.25, 0.3) is 0 Å². The monoisotopic (exact) mass is 299 g/mol. The van der Waals surface area contributed by atoms with Crippen molar-refractivity contribution in [1.82, 2.24) is 15.0 Å². The van der Waals surface area contributed by atoms with Gasteiger partial charge in [0.1, 0.15) is 0 Å². The van der Waals surface area contributed by atoms with E-state index in [9.17, 15) is 0 Å². The maximum absolute atomic E-state index is 5.47. The Kier molecular flexibility index (Phi) is 4.90. The summed E-state index contributed by atoms with van der Waals surface area (Å²) in [7, 11) is 2.16. The average molecular weight is 299 g/mol. The molecule has 2 heterocycles. The van der Waals surface area contributed by atoms with E-state index in [1.165, 1.54) is 25.9 Å². The Labute approximate surface area is 132 Å². The van der Waals surface area contributed by atoms with Crippen LogP contribution in [0.3, 0.4) is 0 Å². The highest BCUT2D eigenvalue weighted by Gasteiger charge is 2.19. The molecule has 0 N–H and O–H groups in total. The number of likely N-dealkylation sites (N-methyl/N-ethyl adjacent to an activating group) is 1. The lowest BCUT2D eigenvalue weighted by atomic mass is 10.1. The lowest BCUT2D eigenvalue weighted by Gasteiger charge is -2.27. The minimum atomic E-state index is 0.605. The second-order valence-corrected chi connectivity index (χ2v) is 6.34. The van der Waals surface area contributed by atoms with Crippen LogP contribution in [-0.2, 0) is 6.54 Å². The smallest absolute Gasteiger partial charge is 0.167 e. The van der Waals surface area contributed by atoms with E-state index in [0.717, 1.165) is 30.1 Å². The van der Waals surface area contributed by atoms with Crippen molar-refractivity contribution in [2.45, 2.75) is 32.4 Å². The molecule has 22 heavy (non-hydrogen) atoms. The third-order valence-electron chi connectivity index (χ3n) is 4.39. The average Bonchev–Trinajstić information content (AvgIpc) is 3.19. The van der Waals surface area contributed by atoms with E-state index in [1.807, 2.05) is 36.4 Å². The molecule has 0 radical (unpaired) electrons. The van der Waals surface area contributed by atoms with Crippen molar-refractivity contribution < 1.29 is 4.52 Å². The highest BCUT2D eigenvalue weighted by atomic mass is 16.5. The SMILES string of the molecule is CC(CN(C)Cc1cc(-c2ccccc2)on1)N1CCCC1. The van der Waals surface area contributed by atoms with E-state index in [1.54, 1.807) is 0 Å². The Morgan fingerprint density at radius 2 is 1.95 bits per heavy atom. The molecule has 1 aromatic heterocycles. The topological polar surface area (TPSA) is 32.5 Å². The summed E-state index contributed by atoms with van der Waals surface area (Å²) < 4.78 is 5.47. The normalized spacial score (nSPS) is 17.2. The fraction of sp³-hybridized carbons (Fsp3) is 0.500. The highest BCUT2D eigenvalue weighted by Crippen LogP contribution is 2.20. The minimum Gasteiger partial charge on any atom is -0.356 e. The lowest BCUT2D eigenvalue weighted by Crippen LogP contribution is -2.39. The van der Waals surface area contributed by atoms with Gasteiger partial charge in [0.15, 0.2) is 5.76 Å². The van der Waals surface area contributed by atoms with E-state index in [2.05, 4.69) is 28.9 Å². The van der Waals surface area contributed by atoms with Crippen LogP contribution in [0.15, 0.2) is 40.9 Å². The summed E-state index contributed by atoms with van der Waals surface area (Å²) in [6.45, 7) is 6.70. The molecule has 0 aliphatic carbocycles. The molecule has 1 atom stereocenters. The summed E-state index contributed by atoms with van der Waals surface area (Å²) >= 11 is 0. The molecule has 1 aliphatic heterocycles. The van der Waals surface area contributed by atoms with Crippen molar-refractivity contribution in [3.63, 3.8) is 0 Å². The van der Waals surface area contributed by atoms with Crippen molar-refractivity contribution >= 4 is 0 Å². The lowest BCUT2D eigenvalue weighted by molar-refractivity contribution is 0.186. The Balaban J connectivity index is 1.55. The molecule has 4 nitrogen and oxygen atoms in total. The zero-order valence-corrected chi connectivity index (χ0v) is 13.5. The molecule has 2 aromatic rings. The molecule has 3 rings (SSSR count). The molecule has 1 aliphatic rings. The van der Waals surface area contributed by atoms with Crippen molar-refractivity contribution in [1.29, 1.82) is 0 Å². The third kappa shape index (κ3) is 3.76. The summed E-state index contributed by atoms with van der Waals surface area (Å²) in [5.74, 6) is 0.844. The fourth-order valence-electron chi connectivity index (χ4n) is 3.21. The van der Waals surface area contributed by atoms with Crippen LogP contribution < -0.4 is 0 Å². The molecule has 0 bridgehead atoms. The van der Waals surface area contributed by atoms with Gasteiger partial charge in [-0.25, -0.2) is 0 Å². The summed E-state index contributed by atoms with van der Waals surface area (Å²) in [4.78, 5) is 4.91. The van der Waals surface area contributed by atoms with Crippen LogP contribution in [-0.4, -0.2) is 47.7 Å². The second kappa shape index (κ2) is 7.07. The number of aromatic nitrogens is 1. The molecule has 1 aromatic carbocycles. The van der Waals surface area contributed by atoms with E-state index in [-0.39, 0.29) is 0 Å². The molecule has 1 saturated heterocycles. The first-order chi connectivity index (χ1) is 10.7. The van der Waals surface area contributed by atoms with Crippen LogP contribution in [0.4, 0.5) is 0 Å². The number of benzene rings is 1. The van der Waals surface area contributed by atoms with E-state index < -0.39 is 0 Å². The Morgan fingerprint density at radius 1 is 1.23 bits per heavy atom. The number of nitrogens with zero attached hydrogens (tertiary/aromatic N) is 3. The predicted molar refractivity (Wildman–Crippen MR) is 88.5 cm³/mol. The summed E-state index contributed by atoms with van der Waals surface area (Å²) in [6, 6.07) is 12.8. The van der Waals surface area contributed by atoms with Gasteiger partial charge >= 0.3 is 0 Å². The molecule has 0 saturated carbocycles. The number of rotatable bonds is 6. The zero-order chi connectivity index (χ0) is 15.4. The van der Waals surface area contributed by atoms with E-state index in [0.29, 0.717) is 6.04 Å². The first kappa shape index (κ1) is 15.3. The molecular formula is C18H25N3O. The molecule has 4 heteroatoms. The molecular weight excluding hydrogens is 274 g/mol. The zero-order valence-electron chi connectivity index (χ0n) is 13.5. The number of likely N-dealkylation sites (tertiary alicyclic amines) is 1. The van der Waals surface area contributed by atoms with Gasteiger partial charge in [-0.05, 0) is 39.9 Å². The molecule has 0 amide bonds. The van der Waals surface area contributed by atoms with Crippen LogP contribution in [0.25, 0.3) is 11.3 Å². The van der Waals surface area contributed by atoms with E-state index >= 15 is 0 Å². The predicted octanol–water partition coefficient (Wildman–Crippen LogP) is 3.26. The first-order valence-electron chi connectivity index (χ1n) is 8.16. The van der Waals surface area contributed by atoms with Crippen molar-refractivity contribution in [2.75, 3.05) is 26.7 Å². The Morgan fingerprint density at radius 3 is 2.68 bits per heavy atom. The van der Waals surface area contributed by atoms with Gasteiger partial charge in [0.2, 0.25) is 0 Å². The van der Waals surface area contributed by atoms with Gasteiger partial charge in [-0.2, -0.15) is 0 Å². The van der Waals surface area contributed by atoms with Crippen molar-refractivity contribution in [3.05, 3.63) is 42.1 Å². The van der Waals surface area contributed by atoms with Crippen LogP contribution in [0.5, 0.6) is 0 Å². The van der Waals surface area contributed by atoms with Gasteiger partial charge in [-0.15, -0.1) is 0 Å². The summed E-state index contributed by atoms with van der Waals surface area (Å²) in [5.41, 5.74) is 2.07. The van der Waals surface area contributed by atoms with Gasteiger partial charge in [-0.1, -0.05) is 35.5 Å². The molecule has 1 fully saturated rings. The van der Waals surface area contributed by atoms with Gasteiger partial charge < -0.3 is 4.52 Å². The number of hydrogen-bond acceptors (Lipinski definition) is 4. The van der Waals surface area contributed by atoms with Crippen molar-refractivity contribution in [3.8, 4) is 11.3 Å². The van der Waals surface area contributed by atoms with Crippen LogP contribution in [0.2, 0.25) is 0 Å².